The number of thiazole rings is 1. The van der Waals surface area contributed by atoms with Gasteiger partial charge in [-0.3, -0.25) is 24.6 Å². The number of thioether (sulfide) groups is 2. The van der Waals surface area contributed by atoms with E-state index in [0.29, 0.717) is 16.5 Å². The molecule has 0 aromatic carbocycles. The van der Waals surface area contributed by atoms with E-state index in [2.05, 4.69) is 36.0 Å². The molecule has 2 fully saturated rings. The number of carbonyl (C=O) groups excluding carboxylic acids is 3. The predicted molar refractivity (Wildman–Crippen MR) is 155 cm³/mol. The summed E-state index contributed by atoms with van der Waals surface area (Å²) in [6.45, 7) is 4.51. The third kappa shape index (κ3) is 5.79. The first kappa shape index (κ1) is 30.4. The Balaban J connectivity index is 1.29. The highest BCUT2D eigenvalue weighted by Crippen LogP contribution is 2.44. The molecule has 7 N–H and O–H groups in total. The number of fused-ring (bicyclic) bond motifs is 2. The van der Waals surface area contributed by atoms with Crippen molar-refractivity contribution in [2.45, 2.75) is 42.8 Å². The number of nitrogens with zero attached hydrogens (tertiary/aromatic N) is 8. The molecule has 0 radical (unpaired) electrons. The fraction of sp³-hybridized carbons (Fsp3) is 0.455. The molecule has 18 nitrogen and oxygen atoms in total. The van der Waals surface area contributed by atoms with Gasteiger partial charge in [0, 0.05) is 29.1 Å². The zero-order chi connectivity index (χ0) is 31.1. The normalized spacial score (nSPS) is 22.1. The third-order valence-corrected chi connectivity index (χ3v) is 10.2. The Labute approximate surface area is 255 Å². The molecule has 0 saturated carbocycles. The first-order chi connectivity index (χ1) is 20.3. The van der Waals surface area contributed by atoms with Gasteiger partial charge in [-0.05, 0) is 37.3 Å². The quantitative estimate of drug-likeness (QED) is 0.0322. The summed E-state index contributed by atoms with van der Waals surface area (Å²) in [6.07, 6.45) is 0. The SMILES string of the molecule is Cc1cc(SCC2(C(=O)O)CS[C@@H]3C(NC(=O)C(=NOC(C)(C)C(=O)NN)c4csc(N)n4)C(=O)N3C2)n2nnnc2n1. The van der Waals surface area contributed by atoms with Crippen molar-refractivity contribution in [1.82, 2.24) is 45.7 Å². The number of carboxylic acids is 1. The van der Waals surface area contributed by atoms with Crippen LogP contribution in [0, 0.1) is 12.3 Å². The predicted octanol–water partition coefficient (Wildman–Crippen LogP) is -1.38. The third-order valence-electron chi connectivity index (χ3n) is 6.67. The minimum atomic E-state index is -1.53. The van der Waals surface area contributed by atoms with Gasteiger partial charge in [-0.15, -0.1) is 34.9 Å². The van der Waals surface area contributed by atoms with Crippen LogP contribution >= 0.6 is 34.9 Å². The molecule has 2 unspecified atom stereocenters. The molecule has 5 rings (SSSR count). The highest BCUT2D eigenvalue weighted by Gasteiger charge is 2.57. The number of nitrogen functional groups attached to an aromatic ring is 1. The zero-order valence-corrected chi connectivity index (χ0v) is 25.3. The number of nitrogens with one attached hydrogen (secondary N) is 2. The summed E-state index contributed by atoms with van der Waals surface area (Å²) in [7, 11) is 0. The lowest BCUT2D eigenvalue weighted by molar-refractivity contribution is -0.157. The minimum absolute atomic E-state index is 0.0594. The summed E-state index contributed by atoms with van der Waals surface area (Å²) >= 11 is 3.56. The Hall–Kier alpha value is -4.08. The van der Waals surface area contributed by atoms with Crippen molar-refractivity contribution in [3.05, 3.63) is 22.8 Å². The van der Waals surface area contributed by atoms with Crippen molar-refractivity contribution in [2.75, 3.05) is 23.8 Å². The number of aliphatic carboxylic acids is 1. The summed E-state index contributed by atoms with van der Waals surface area (Å²) in [5.74, 6) is 2.79. The number of carboxylic acid groups (broad SMARTS) is 1. The van der Waals surface area contributed by atoms with Crippen LogP contribution in [0.25, 0.3) is 5.78 Å². The number of rotatable bonds is 10. The first-order valence-electron chi connectivity index (χ1n) is 12.5. The van der Waals surface area contributed by atoms with Crippen LogP contribution in [0.15, 0.2) is 21.6 Å². The van der Waals surface area contributed by atoms with Crippen LogP contribution < -0.4 is 22.3 Å². The lowest BCUT2D eigenvalue weighted by atomic mass is 9.89. The van der Waals surface area contributed by atoms with Crippen molar-refractivity contribution in [3.63, 3.8) is 0 Å². The number of anilines is 1. The lowest BCUT2D eigenvalue weighted by Gasteiger charge is -2.53. The number of oxime groups is 1. The molecule has 2 saturated heterocycles. The van der Waals surface area contributed by atoms with Crippen molar-refractivity contribution in [2.24, 2.45) is 16.4 Å². The van der Waals surface area contributed by atoms with E-state index in [-0.39, 0.29) is 34.6 Å². The molecular weight excluding hydrogens is 625 g/mol. The number of aryl methyl sites for hydroxylation is 1. The molecule has 3 atom stereocenters. The van der Waals surface area contributed by atoms with Crippen LogP contribution in [0.1, 0.15) is 25.2 Å². The van der Waals surface area contributed by atoms with Crippen molar-refractivity contribution in [1.29, 1.82) is 0 Å². The monoisotopic (exact) mass is 650 g/mol. The molecule has 3 aromatic heterocycles. The molecule has 43 heavy (non-hydrogen) atoms. The fourth-order valence-electron chi connectivity index (χ4n) is 4.23. The second-order valence-electron chi connectivity index (χ2n) is 10.2. The number of hydrazine groups is 1. The fourth-order valence-corrected chi connectivity index (χ4v) is 7.69. The minimum Gasteiger partial charge on any atom is -0.481 e. The molecule has 0 spiro atoms. The Bertz CT molecular complexity index is 1640. The highest BCUT2D eigenvalue weighted by molar-refractivity contribution is 8.00. The highest BCUT2D eigenvalue weighted by atomic mass is 32.2. The topological polar surface area (TPSA) is 258 Å². The van der Waals surface area contributed by atoms with Crippen LogP contribution in [0.4, 0.5) is 5.13 Å². The number of nitrogens with two attached hydrogens (primary N) is 2. The van der Waals surface area contributed by atoms with Gasteiger partial charge in [-0.25, -0.2) is 15.8 Å². The number of hydrogen-bond acceptors (Lipinski definition) is 16. The van der Waals surface area contributed by atoms with Crippen molar-refractivity contribution in [3.8, 4) is 0 Å². The van der Waals surface area contributed by atoms with Crippen LogP contribution in [-0.2, 0) is 24.0 Å². The smallest absolute Gasteiger partial charge is 0.313 e. The van der Waals surface area contributed by atoms with Gasteiger partial charge >= 0.3 is 5.97 Å². The van der Waals surface area contributed by atoms with Gasteiger partial charge in [0.05, 0.1) is 0 Å². The van der Waals surface area contributed by atoms with E-state index in [1.54, 1.807) is 13.0 Å². The largest absolute Gasteiger partial charge is 0.481 e. The van der Waals surface area contributed by atoms with Crippen molar-refractivity contribution >= 4 is 75.2 Å². The summed E-state index contributed by atoms with van der Waals surface area (Å²) in [4.78, 5) is 66.1. The van der Waals surface area contributed by atoms with Gasteiger partial charge in [0.25, 0.3) is 17.6 Å². The van der Waals surface area contributed by atoms with E-state index in [1.807, 2.05) is 5.43 Å². The Morgan fingerprint density at radius 3 is 2.79 bits per heavy atom. The summed E-state index contributed by atoms with van der Waals surface area (Å²) in [5, 5.41) is 29.9. The van der Waals surface area contributed by atoms with Gasteiger partial charge in [0.1, 0.15) is 27.6 Å². The van der Waals surface area contributed by atoms with Gasteiger partial charge in [0.15, 0.2) is 10.8 Å². The lowest BCUT2D eigenvalue weighted by Crippen LogP contribution is -2.74. The molecule has 21 heteroatoms. The number of amides is 3. The second-order valence-corrected chi connectivity index (χ2v) is 13.2. The molecule has 3 aromatic rings. The molecule has 0 bridgehead atoms. The Kier molecular flexibility index (Phi) is 8.15. The Morgan fingerprint density at radius 1 is 1.35 bits per heavy atom. The average Bonchev–Trinajstić information content (AvgIpc) is 3.62. The maximum absolute atomic E-state index is 13.3. The number of tetrazole rings is 1. The zero-order valence-electron chi connectivity index (χ0n) is 22.9. The second kappa shape index (κ2) is 11.5. The van der Waals surface area contributed by atoms with Gasteiger partial charge in [0.2, 0.25) is 11.5 Å². The van der Waals surface area contributed by atoms with Gasteiger partial charge in [-0.1, -0.05) is 10.3 Å². The van der Waals surface area contributed by atoms with Gasteiger partial charge < -0.3 is 25.9 Å². The molecule has 2 aliphatic rings. The molecule has 2 aliphatic heterocycles. The average molecular weight is 651 g/mol. The maximum Gasteiger partial charge on any atom is 0.313 e. The van der Waals surface area contributed by atoms with E-state index < -0.39 is 46.1 Å². The molecular formula is C22H26N12O6S3. The summed E-state index contributed by atoms with van der Waals surface area (Å²) in [6, 6.07) is 0.799. The van der Waals surface area contributed by atoms with E-state index in [0.717, 1.165) is 11.3 Å². The number of carbonyl (C=O) groups is 4. The summed E-state index contributed by atoms with van der Waals surface area (Å²) in [5.41, 5.74) is 5.31. The maximum atomic E-state index is 13.3. The Morgan fingerprint density at radius 2 is 2.12 bits per heavy atom. The van der Waals surface area contributed by atoms with Gasteiger partial charge in [-0.2, -0.15) is 4.52 Å². The molecule has 5 heterocycles. The number of β-lactam (4-membered cyclic amide) rings is 1. The number of hydrogen-bond donors (Lipinski definition) is 5. The van der Waals surface area contributed by atoms with E-state index in [1.165, 1.54) is 52.2 Å². The van der Waals surface area contributed by atoms with Crippen LogP contribution in [0.3, 0.4) is 0 Å². The summed E-state index contributed by atoms with van der Waals surface area (Å²) < 4.78 is 1.43. The van der Waals surface area contributed by atoms with E-state index in [9.17, 15) is 24.3 Å². The molecule has 3 amide bonds. The van der Waals surface area contributed by atoms with Crippen LogP contribution in [-0.4, -0.2) is 104 Å². The number of aromatic nitrogens is 6. The molecule has 0 aliphatic carbocycles. The van der Waals surface area contributed by atoms with Crippen LogP contribution in [0.2, 0.25) is 0 Å². The van der Waals surface area contributed by atoms with E-state index in [4.69, 9.17) is 16.4 Å². The molecule has 228 valence electrons. The van der Waals surface area contributed by atoms with Crippen LogP contribution in [0.5, 0.6) is 0 Å². The first-order valence-corrected chi connectivity index (χ1v) is 15.4. The van der Waals surface area contributed by atoms with E-state index >= 15 is 0 Å². The van der Waals surface area contributed by atoms with Crippen molar-refractivity contribution < 1.29 is 29.1 Å². The standard InChI is InChI=1S/C22H26N12O6S3/c1-9-4-11(34-20(25-9)29-31-32-34)42-7-22(18(38)39)6-33-15(36)13(16(33)43-8-22)27-14(35)12(10-5-41-19(23)26-10)30-40-21(2,3)17(37)28-24/h4-5,13,16H,6-8,24H2,1-3H3,(H2,23,26)(H,27,35)(H,28,37)(H,38,39)/t13?,16-,22?/m1/s1.